The zero-order chi connectivity index (χ0) is 19.1. The maximum absolute atomic E-state index is 12.1. The number of methoxy groups -OCH3 is 1. The second kappa shape index (κ2) is 8.56. The van der Waals surface area contributed by atoms with Gasteiger partial charge in [-0.2, -0.15) is 4.98 Å². The van der Waals surface area contributed by atoms with Gasteiger partial charge in [-0.05, 0) is 24.3 Å². The van der Waals surface area contributed by atoms with E-state index in [-0.39, 0.29) is 36.3 Å². The number of nitrogens with zero attached hydrogens (tertiary/aromatic N) is 3. The number of hydrogen-bond acceptors (Lipinski definition) is 8. The molecule has 1 N–H and O–H groups in total. The van der Waals surface area contributed by atoms with Gasteiger partial charge in [-0.3, -0.25) is 4.79 Å². The molecule has 27 heavy (non-hydrogen) atoms. The summed E-state index contributed by atoms with van der Waals surface area (Å²) in [6.45, 7) is -0.212. The lowest BCUT2D eigenvalue weighted by Crippen LogP contribution is -2.15. The first kappa shape index (κ1) is 18.1. The van der Waals surface area contributed by atoms with Gasteiger partial charge in [-0.15, -0.1) is 0 Å². The average Bonchev–Trinajstić information content (AvgIpc) is 3.14. The first-order valence-electron chi connectivity index (χ1n) is 7.98. The van der Waals surface area contributed by atoms with Gasteiger partial charge in [0, 0.05) is 6.20 Å². The van der Waals surface area contributed by atoms with Crippen LogP contribution < -0.4 is 10.1 Å². The van der Waals surface area contributed by atoms with Crippen molar-refractivity contribution in [1.82, 2.24) is 15.1 Å². The molecule has 0 radical (unpaired) electrons. The fourth-order valence-electron chi connectivity index (χ4n) is 2.19. The Morgan fingerprint density at radius 2 is 1.96 bits per heavy atom. The molecule has 1 aromatic carbocycles. The van der Waals surface area contributed by atoms with E-state index in [0.29, 0.717) is 11.4 Å². The minimum absolute atomic E-state index is 0.0828. The van der Waals surface area contributed by atoms with Crippen LogP contribution in [0.15, 0.2) is 53.2 Å². The average molecular weight is 368 g/mol. The summed E-state index contributed by atoms with van der Waals surface area (Å²) in [6, 6.07) is 11.9. The van der Waals surface area contributed by atoms with E-state index in [4.69, 9.17) is 14.0 Å². The van der Waals surface area contributed by atoms with Gasteiger partial charge in [0.25, 0.3) is 5.89 Å². The smallest absolute Gasteiger partial charge is 0.357 e. The van der Waals surface area contributed by atoms with Crippen LogP contribution in [-0.2, 0) is 22.6 Å². The third kappa shape index (κ3) is 4.88. The standard InChI is InChI=1S/C18H16N4O5/c1-25-14-8-3-2-6-12(14)20-16(23)10-15-21-17(27-22-15)11-26-18(24)13-7-4-5-9-19-13/h2-9H,10-11H2,1H3,(H,20,23). The quantitative estimate of drug-likeness (QED) is 0.630. The SMILES string of the molecule is COc1ccccc1NC(=O)Cc1noc(COC(=O)c2ccccn2)n1. The van der Waals surface area contributed by atoms with Crippen molar-refractivity contribution in [3.05, 3.63) is 66.1 Å². The largest absolute Gasteiger partial charge is 0.495 e. The van der Waals surface area contributed by atoms with Crippen LogP contribution in [0, 0.1) is 0 Å². The fourth-order valence-corrected chi connectivity index (χ4v) is 2.19. The van der Waals surface area contributed by atoms with Crippen molar-refractivity contribution in [2.45, 2.75) is 13.0 Å². The van der Waals surface area contributed by atoms with Gasteiger partial charge < -0.3 is 19.3 Å². The predicted molar refractivity (Wildman–Crippen MR) is 93.0 cm³/mol. The summed E-state index contributed by atoms with van der Waals surface area (Å²) in [5.74, 6) is -0.145. The number of carbonyl (C=O) groups is 2. The molecule has 3 rings (SSSR count). The Kier molecular flexibility index (Phi) is 5.73. The van der Waals surface area contributed by atoms with Crippen LogP contribution in [0.1, 0.15) is 22.2 Å². The molecule has 1 amide bonds. The molecule has 0 saturated carbocycles. The molecule has 0 fully saturated rings. The first-order valence-corrected chi connectivity index (χ1v) is 7.98. The van der Waals surface area contributed by atoms with Crippen LogP contribution in [0.5, 0.6) is 5.75 Å². The molecule has 0 unspecified atom stereocenters. The van der Waals surface area contributed by atoms with Crippen LogP contribution in [0.4, 0.5) is 5.69 Å². The molecule has 0 aliphatic rings. The highest BCUT2D eigenvalue weighted by Gasteiger charge is 2.15. The highest BCUT2D eigenvalue weighted by molar-refractivity contribution is 5.93. The highest BCUT2D eigenvalue weighted by atomic mass is 16.6. The molecule has 9 nitrogen and oxygen atoms in total. The van der Waals surface area contributed by atoms with Crippen molar-refractivity contribution in [3.8, 4) is 5.75 Å². The number of aromatic nitrogens is 3. The maximum atomic E-state index is 12.1. The van der Waals surface area contributed by atoms with Crippen molar-refractivity contribution in [2.75, 3.05) is 12.4 Å². The van der Waals surface area contributed by atoms with Crippen molar-refractivity contribution >= 4 is 17.6 Å². The number of anilines is 1. The van der Waals surface area contributed by atoms with Gasteiger partial charge in [0.05, 0.1) is 19.2 Å². The second-order valence-electron chi connectivity index (χ2n) is 5.32. The van der Waals surface area contributed by atoms with Crippen LogP contribution >= 0.6 is 0 Å². The molecule has 3 aromatic rings. The van der Waals surface area contributed by atoms with E-state index in [1.165, 1.54) is 19.4 Å². The van der Waals surface area contributed by atoms with E-state index in [9.17, 15) is 9.59 Å². The Balaban J connectivity index is 1.53. The van der Waals surface area contributed by atoms with E-state index in [1.807, 2.05) is 0 Å². The van der Waals surface area contributed by atoms with Crippen molar-refractivity contribution in [2.24, 2.45) is 0 Å². The van der Waals surface area contributed by atoms with Crippen LogP contribution in [0.2, 0.25) is 0 Å². The van der Waals surface area contributed by atoms with E-state index in [2.05, 4.69) is 20.4 Å². The van der Waals surface area contributed by atoms with Gasteiger partial charge in [-0.1, -0.05) is 23.4 Å². The zero-order valence-electron chi connectivity index (χ0n) is 14.4. The minimum Gasteiger partial charge on any atom is -0.495 e. The van der Waals surface area contributed by atoms with Crippen molar-refractivity contribution < 1.29 is 23.6 Å². The molecule has 0 aliphatic heterocycles. The van der Waals surface area contributed by atoms with Gasteiger partial charge in [0.2, 0.25) is 5.91 Å². The Bertz CT molecular complexity index is 926. The summed E-state index contributed by atoms with van der Waals surface area (Å²) >= 11 is 0. The van der Waals surface area contributed by atoms with Gasteiger partial charge in [0.1, 0.15) is 11.4 Å². The molecule has 0 saturated heterocycles. The van der Waals surface area contributed by atoms with Crippen LogP contribution in [0.25, 0.3) is 0 Å². The molecule has 138 valence electrons. The van der Waals surface area contributed by atoms with E-state index in [0.717, 1.165) is 0 Å². The lowest BCUT2D eigenvalue weighted by Gasteiger charge is -2.08. The summed E-state index contributed by atoms with van der Waals surface area (Å²) in [5.41, 5.74) is 0.714. The summed E-state index contributed by atoms with van der Waals surface area (Å²) in [7, 11) is 1.52. The number of esters is 1. The number of amides is 1. The van der Waals surface area contributed by atoms with Gasteiger partial charge in [-0.25, -0.2) is 9.78 Å². The van der Waals surface area contributed by atoms with Gasteiger partial charge >= 0.3 is 5.97 Å². The predicted octanol–water partition coefficient (Wildman–Crippen LogP) is 2.01. The van der Waals surface area contributed by atoms with Crippen LogP contribution in [0.3, 0.4) is 0 Å². The Hall–Kier alpha value is -3.75. The monoisotopic (exact) mass is 368 g/mol. The maximum Gasteiger partial charge on any atom is 0.357 e. The first-order chi connectivity index (χ1) is 13.2. The van der Waals surface area contributed by atoms with Crippen LogP contribution in [-0.4, -0.2) is 34.1 Å². The third-order valence-electron chi connectivity index (χ3n) is 3.41. The lowest BCUT2D eigenvalue weighted by molar-refractivity contribution is -0.115. The van der Waals surface area contributed by atoms with Crippen molar-refractivity contribution in [1.29, 1.82) is 0 Å². The third-order valence-corrected chi connectivity index (χ3v) is 3.41. The van der Waals surface area contributed by atoms with Gasteiger partial charge in [0.15, 0.2) is 12.4 Å². The summed E-state index contributed by atoms with van der Waals surface area (Å²) in [6.07, 6.45) is 1.39. The Morgan fingerprint density at radius 1 is 1.15 bits per heavy atom. The molecule has 9 heteroatoms. The number of hydrogen-bond donors (Lipinski definition) is 1. The molecule has 0 spiro atoms. The van der Waals surface area contributed by atoms with Crippen molar-refractivity contribution in [3.63, 3.8) is 0 Å². The minimum atomic E-state index is -0.607. The molecule has 0 atom stereocenters. The zero-order valence-corrected chi connectivity index (χ0v) is 14.4. The summed E-state index contributed by atoms with van der Waals surface area (Å²) in [5, 5.41) is 6.42. The molecular weight excluding hydrogens is 352 g/mol. The normalized spacial score (nSPS) is 10.3. The molecule has 2 aromatic heterocycles. The Morgan fingerprint density at radius 3 is 2.74 bits per heavy atom. The topological polar surface area (TPSA) is 116 Å². The number of ether oxygens (including phenoxy) is 2. The van der Waals surface area contributed by atoms with E-state index in [1.54, 1.807) is 36.4 Å². The number of nitrogens with one attached hydrogen (secondary N) is 1. The molecule has 0 aliphatic carbocycles. The lowest BCUT2D eigenvalue weighted by atomic mass is 10.2. The van der Waals surface area contributed by atoms with E-state index >= 15 is 0 Å². The molecule has 2 heterocycles. The number of rotatable bonds is 7. The summed E-state index contributed by atoms with van der Waals surface area (Å²) in [4.78, 5) is 31.9. The number of pyridine rings is 1. The fraction of sp³-hybridized carbons (Fsp3) is 0.167. The Labute approximate surface area is 154 Å². The van der Waals surface area contributed by atoms with E-state index < -0.39 is 5.97 Å². The second-order valence-corrected chi connectivity index (χ2v) is 5.32. The highest BCUT2D eigenvalue weighted by Crippen LogP contribution is 2.23. The number of benzene rings is 1. The summed E-state index contributed by atoms with van der Waals surface area (Å²) < 4.78 is 15.2. The molecular formula is C18H16N4O5. The number of carbonyl (C=O) groups excluding carboxylic acids is 2. The molecule has 0 bridgehead atoms. The number of para-hydroxylation sites is 2.